The fourth-order valence-electron chi connectivity index (χ4n) is 2.27. The molecule has 5 heteroatoms. The molecule has 1 amide bonds. The highest BCUT2D eigenvalue weighted by Gasteiger charge is 2.24. The Morgan fingerprint density at radius 1 is 1.41 bits per heavy atom. The minimum Gasteiger partial charge on any atom is -0.453 e. The van der Waals surface area contributed by atoms with Crippen LogP contribution in [0.2, 0.25) is 0 Å². The van der Waals surface area contributed by atoms with Crippen molar-refractivity contribution in [3.8, 4) is 0 Å². The Bertz CT molecular complexity index is 384. The van der Waals surface area contributed by atoms with E-state index < -0.39 is 0 Å². The fourth-order valence-corrected chi connectivity index (χ4v) is 2.61. The van der Waals surface area contributed by atoms with Crippen LogP contribution in [-0.2, 0) is 11.3 Å². The molecule has 94 valence electrons. The average molecular weight is 301 g/mol. The second-order valence-electron chi connectivity index (χ2n) is 4.54. The second kappa shape index (κ2) is 5.69. The van der Waals surface area contributed by atoms with Gasteiger partial charge in [0, 0.05) is 12.0 Å². The number of carbonyl (C=O) groups excluding carboxylic acids is 1. The Morgan fingerprint density at radius 2 is 2.12 bits per heavy atom. The van der Waals surface area contributed by atoms with Crippen molar-refractivity contribution in [2.45, 2.75) is 38.3 Å². The van der Waals surface area contributed by atoms with Crippen LogP contribution in [0.15, 0.2) is 21.2 Å². The first-order chi connectivity index (χ1) is 8.15. The first kappa shape index (κ1) is 12.6. The maximum Gasteiger partial charge on any atom is 0.220 e. The zero-order valence-corrected chi connectivity index (χ0v) is 11.2. The Hall–Kier alpha value is -0.810. The van der Waals surface area contributed by atoms with Crippen LogP contribution < -0.4 is 11.1 Å². The summed E-state index contributed by atoms with van der Waals surface area (Å²) in [5, 5.41) is 3.44. The number of hydrogen-bond acceptors (Lipinski definition) is 3. The van der Waals surface area contributed by atoms with Gasteiger partial charge in [0.05, 0.1) is 6.54 Å². The highest BCUT2D eigenvalue weighted by molar-refractivity contribution is 9.10. The molecule has 1 aromatic heterocycles. The molecule has 1 heterocycles. The number of nitrogens with two attached hydrogens (primary N) is 1. The lowest BCUT2D eigenvalue weighted by Crippen LogP contribution is -2.36. The molecule has 0 radical (unpaired) electrons. The summed E-state index contributed by atoms with van der Waals surface area (Å²) < 4.78 is 6.17. The lowest BCUT2D eigenvalue weighted by atomic mass is 9.85. The molecule has 4 nitrogen and oxygen atoms in total. The van der Waals surface area contributed by atoms with Crippen LogP contribution >= 0.6 is 15.9 Å². The Kier molecular flexibility index (Phi) is 4.23. The highest BCUT2D eigenvalue weighted by atomic mass is 79.9. The van der Waals surface area contributed by atoms with E-state index >= 15 is 0 Å². The summed E-state index contributed by atoms with van der Waals surface area (Å²) in [7, 11) is 0. The van der Waals surface area contributed by atoms with E-state index in [1.165, 1.54) is 0 Å². The average Bonchev–Trinajstić information content (AvgIpc) is 2.73. The molecular formula is C12H17BrN2O2. The van der Waals surface area contributed by atoms with E-state index in [1.807, 2.05) is 12.1 Å². The van der Waals surface area contributed by atoms with Crippen molar-refractivity contribution >= 4 is 21.8 Å². The number of amides is 1. The van der Waals surface area contributed by atoms with Crippen molar-refractivity contribution in [2.24, 2.45) is 11.7 Å². The van der Waals surface area contributed by atoms with E-state index in [9.17, 15) is 4.79 Å². The standard InChI is InChI=1S/C12H17BrN2O2/c13-11-6-5-10(17-11)7-15-9-3-1-8(2-4-9)12(14)16/h5-6,8-9,15H,1-4,7H2,(H2,14,16). The van der Waals surface area contributed by atoms with Gasteiger partial charge in [-0.25, -0.2) is 0 Å². The molecule has 0 atom stereocenters. The van der Waals surface area contributed by atoms with Gasteiger partial charge in [-0.2, -0.15) is 0 Å². The van der Waals surface area contributed by atoms with Crippen LogP contribution in [0.1, 0.15) is 31.4 Å². The van der Waals surface area contributed by atoms with E-state index in [4.69, 9.17) is 10.2 Å². The molecular weight excluding hydrogens is 284 g/mol. The molecule has 0 unspecified atom stereocenters. The van der Waals surface area contributed by atoms with Crippen molar-refractivity contribution in [3.63, 3.8) is 0 Å². The zero-order chi connectivity index (χ0) is 12.3. The summed E-state index contributed by atoms with van der Waals surface area (Å²) in [4.78, 5) is 11.0. The molecule has 17 heavy (non-hydrogen) atoms. The summed E-state index contributed by atoms with van der Waals surface area (Å²) in [5.74, 6) is 0.845. The van der Waals surface area contributed by atoms with Crippen molar-refractivity contribution in [2.75, 3.05) is 0 Å². The van der Waals surface area contributed by atoms with Crippen LogP contribution in [0.5, 0.6) is 0 Å². The highest BCUT2D eigenvalue weighted by Crippen LogP contribution is 2.24. The number of primary amides is 1. The maximum atomic E-state index is 11.0. The molecule has 3 N–H and O–H groups in total. The molecule has 1 saturated carbocycles. The summed E-state index contributed by atoms with van der Waals surface area (Å²) in [6.07, 6.45) is 3.81. The number of hydrogen-bond donors (Lipinski definition) is 2. The van der Waals surface area contributed by atoms with Gasteiger partial charge in [-0.05, 0) is 53.7 Å². The Balaban J connectivity index is 1.73. The molecule has 0 spiro atoms. The molecule has 1 fully saturated rings. The van der Waals surface area contributed by atoms with Crippen LogP contribution in [0.25, 0.3) is 0 Å². The third-order valence-corrected chi connectivity index (χ3v) is 3.75. The van der Waals surface area contributed by atoms with Gasteiger partial charge in [-0.1, -0.05) is 0 Å². The molecule has 0 aliphatic heterocycles. The van der Waals surface area contributed by atoms with Crippen LogP contribution in [0, 0.1) is 5.92 Å². The van der Waals surface area contributed by atoms with E-state index in [0.717, 1.165) is 42.7 Å². The van der Waals surface area contributed by atoms with E-state index in [0.29, 0.717) is 6.04 Å². The summed E-state index contributed by atoms with van der Waals surface area (Å²) in [6.45, 7) is 0.734. The van der Waals surface area contributed by atoms with Crippen LogP contribution in [-0.4, -0.2) is 11.9 Å². The Labute approximate surface area is 109 Å². The summed E-state index contributed by atoms with van der Waals surface area (Å²) in [5.41, 5.74) is 5.30. The van der Waals surface area contributed by atoms with Gasteiger partial charge in [-0.3, -0.25) is 4.79 Å². The number of nitrogens with one attached hydrogen (secondary N) is 1. The van der Waals surface area contributed by atoms with E-state index in [-0.39, 0.29) is 11.8 Å². The van der Waals surface area contributed by atoms with Gasteiger partial charge in [0.1, 0.15) is 5.76 Å². The lowest BCUT2D eigenvalue weighted by Gasteiger charge is -2.27. The van der Waals surface area contributed by atoms with Crippen molar-refractivity contribution < 1.29 is 9.21 Å². The first-order valence-corrected chi connectivity index (χ1v) is 6.71. The van der Waals surface area contributed by atoms with Gasteiger partial charge >= 0.3 is 0 Å². The number of furan rings is 1. The maximum absolute atomic E-state index is 11.0. The SMILES string of the molecule is NC(=O)C1CCC(NCc2ccc(Br)o2)CC1. The normalized spacial score (nSPS) is 24.8. The van der Waals surface area contributed by atoms with E-state index in [2.05, 4.69) is 21.2 Å². The molecule has 2 rings (SSSR count). The monoisotopic (exact) mass is 300 g/mol. The third-order valence-electron chi connectivity index (χ3n) is 3.32. The third kappa shape index (κ3) is 3.57. The number of carbonyl (C=O) groups is 1. The Morgan fingerprint density at radius 3 is 2.65 bits per heavy atom. The van der Waals surface area contributed by atoms with Crippen LogP contribution in [0.4, 0.5) is 0 Å². The topological polar surface area (TPSA) is 68.3 Å². The molecule has 0 bridgehead atoms. The first-order valence-electron chi connectivity index (χ1n) is 5.92. The number of rotatable bonds is 4. The van der Waals surface area contributed by atoms with Gasteiger partial charge in [0.15, 0.2) is 4.67 Å². The van der Waals surface area contributed by atoms with Crippen LogP contribution in [0.3, 0.4) is 0 Å². The molecule has 1 aliphatic carbocycles. The molecule has 1 aromatic rings. The van der Waals surface area contributed by atoms with Gasteiger partial charge in [-0.15, -0.1) is 0 Å². The predicted octanol–water partition coefficient (Wildman–Crippen LogP) is 2.18. The zero-order valence-electron chi connectivity index (χ0n) is 9.62. The van der Waals surface area contributed by atoms with Crippen molar-refractivity contribution in [1.82, 2.24) is 5.32 Å². The summed E-state index contributed by atoms with van der Waals surface area (Å²) >= 11 is 3.28. The quantitative estimate of drug-likeness (QED) is 0.895. The molecule has 0 aromatic carbocycles. The minimum atomic E-state index is -0.154. The summed E-state index contributed by atoms with van der Waals surface area (Å²) in [6, 6.07) is 4.31. The lowest BCUT2D eigenvalue weighted by molar-refractivity contribution is -0.122. The van der Waals surface area contributed by atoms with Gasteiger partial charge < -0.3 is 15.5 Å². The number of halogens is 1. The fraction of sp³-hybridized carbons (Fsp3) is 0.583. The predicted molar refractivity (Wildman–Crippen MR) is 68.2 cm³/mol. The second-order valence-corrected chi connectivity index (χ2v) is 5.32. The smallest absolute Gasteiger partial charge is 0.220 e. The molecule has 1 aliphatic rings. The molecule has 0 saturated heterocycles. The largest absolute Gasteiger partial charge is 0.453 e. The van der Waals surface area contributed by atoms with Gasteiger partial charge in [0.25, 0.3) is 0 Å². The van der Waals surface area contributed by atoms with Crippen molar-refractivity contribution in [3.05, 3.63) is 22.6 Å². The van der Waals surface area contributed by atoms with Crippen molar-refractivity contribution in [1.29, 1.82) is 0 Å². The van der Waals surface area contributed by atoms with E-state index in [1.54, 1.807) is 0 Å². The van der Waals surface area contributed by atoms with Gasteiger partial charge in [0.2, 0.25) is 5.91 Å². The minimum absolute atomic E-state index is 0.0748.